The number of fused-ring (bicyclic) bond motifs is 1. The Bertz CT molecular complexity index is 685. The fourth-order valence-electron chi connectivity index (χ4n) is 3.10. The Labute approximate surface area is 124 Å². The van der Waals surface area contributed by atoms with E-state index in [2.05, 4.69) is 16.8 Å². The quantitative estimate of drug-likeness (QED) is 0.669. The largest absolute Gasteiger partial charge is 0.384 e. The molecule has 3 rings (SSSR count). The van der Waals surface area contributed by atoms with Crippen LogP contribution in [0.5, 0.6) is 0 Å². The van der Waals surface area contributed by atoms with Crippen LogP contribution in [0, 0.1) is 5.41 Å². The van der Waals surface area contributed by atoms with Crippen LogP contribution in [0.4, 0.5) is 5.69 Å². The van der Waals surface area contributed by atoms with Gasteiger partial charge < -0.3 is 15.4 Å². The number of anilines is 1. The number of nitrogens with one attached hydrogen (secondary N) is 1. The fraction of sp³-hybridized carbons (Fsp3) is 0.375. The van der Waals surface area contributed by atoms with Crippen LogP contribution in [0.3, 0.4) is 0 Å². The highest BCUT2D eigenvalue weighted by Gasteiger charge is 2.30. The molecule has 0 amide bonds. The van der Waals surface area contributed by atoms with E-state index in [1.54, 1.807) is 6.20 Å². The molecule has 2 unspecified atom stereocenters. The molecule has 5 nitrogen and oxygen atoms in total. The molecule has 1 aliphatic heterocycles. The van der Waals surface area contributed by atoms with E-state index in [1.807, 2.05) is 31.3 Å². The smallest absolute Gasteiger partial charge is 0.126 e. The zero-order chi connectivity index (χ0) is 15.0. The topological polar surface area (TPSA) is 75.2 Å². The second-order valence-electron chi connectivity index (χ2n) is 5.49. The van der Waals surface area contributed by atoms with E-state index >= 15 is 0 Å². The van der Waals surface area contributed by atoms with Crippen molar-refractivity contribution in [2.75, 3.05) is 18.6 Å². The van der Waals surface area contributed by atoms with Crippen LogP contribution in [0.1, 0.15) is 18.9 Å². The fourth-order valence-corrected chi connectivity index (χ4v) is 3.10. The minimum atomic E-state index is 0.0432. The van der Waals surface area contributed by atoms with Gasteiger partial charge in [0, 0.05) is 25.2 Å². The molecule has 0 bridgehead atoms. The zero-order valence-corrected chi connectivity index (χ0v) is 12.3. The molecule has 3 N–H and O–H groups in total. The molecular weight excluding hydrogens is 264 g/mol. The van der Waals surface area contributed by atoms with Crippen molar-refractivity contribution < 1.29 is 4.74 Å². The molecule has 1 aromatic carbocycles. The van der Waals surface area contributed by atoms with Crippen LogP contribution in [-0.4, -0.2) is 36.6 Å². The van der Waals surface area contributed by atoms with E-state index in [1.165, 1.54) is 0 Å². The normalized spacial score (nSPS) is 21.6. The van der Waals surface area contributed by atoms with Crippen molar-refractivity contribution >= 4 is 22.4 Å². The molecule has 0 saturated carbocycles. The Kier molecular flexibility index (Phi) is 3.51. The summed E-state index contributed by atoms with van der Waals surface area (Å²) in [6.45, 7) is 2.86. The van der Waals surface area contributed by atoms with E-state index in [4.69, 9.17) is 15.9 Å². The van der Waals surface area contributed by atoms with E-state index < -0.39 is 0 Å². The van der Waals surface area contributed by atoms with Gasteiger partial charge in [-0.05, 0) is 19.4 Å². The first kappa shape index (κ1) is 13.8. The Morgan fingerprint density at radius 1 is 1.43 bits per heavy atom. The molecule has 2 atom stereocenters. The van der Waals surface area contributed by atoms with Crippen LogP contribution in [0.15, 0.2) is 30.5 Å². The van der Waals surface area contributed by atoms with Crippen molar-refractivity contribution in [3.8, 4) is 0 Å². The summed E-state index contributed by atoms with van der Waals surface area (Å²) in [5.74, 6) is 0.0432. The summed E-state index contributed by atoms with van der Waals surface area (Å²) < 4.78 is 5.68. The van der Waals surface area contributed by atoms with Gasteiger partial charge in [0.05, 0.1) is 28.9 Å². The molecule has 0 radical (unpaired) electrons. The number of para-hydroxylation sites is 1. The summed E-state index contributed by atoms with van der Waals surface area (Å²) >= 11 is 0. The summed E-state index contributed by atoms with van der Waals surface area (Å²) in [6, 6.07) is 8.24. The summed E-state index contributed by atoms with van der Waals surface area (Å²) in [5, 5.41) is 8.87. The first-order valence-corrected chi connectivity index (χ1v) is 7.16. The summed E-state index contributed by atoms with van der Waals surface area (Å²) in [4.78, 5) is 6.61. The van der Waals surface area contributed by atoms with Gasteiger partial charge in [0.25, 0.3) is 0 Å². The number of ether oxygens (including phenoxy) is 1. The molecule has 2 heterocycles. The number of likely N-dealkylation sites (N-methyl/N-ethyl adjacent to an activating group) is 1. The highest BCUT2D eigenvalue weighted by atomic mass is 16.5. The van der Waals surface area contributed by atoms with Crippen molar-refractivity contribution in [3.63, 3.8) is 0 Å². The van der Waals surface area contributed by atoms with Gasteiger partial charge in [-0.2, -0.15) is 0 Å². The highest BCUT2D eigenvalue weighted by molar-refractivity contribution is 6.07. The van der Waals surface area contributed by atoms with Gasteiger partial charge in [0.2, 0.25) is 0 Å². The highest BCUT2D eigenvalue weighted by Crippen LogP contribution is 2.32. The number of nitrogens with zero attached hydrogens (tertiary/aromatic N) is 2. The average molecular weight is 284 g/mol. The number of benzene rings is 1. The van der Waals surface area contributed by atoms with Crippen molar-refractivity contribution in [2.45, 2.75) is 25.5 Å². The third kappa shape index (κ3) is 2.34. The maximum absolute atomic E-state index is 7.85. The zero-order valence-electron chi connectivity index (χ0n) is 12.3. The summed E-state index contributed by atoms with van der Waals surface area (Å²) in [7, 11) is 2.05. The predicted octanol–water partition coefficient (Wildman–Crippen LogP) is 2.13. The lowest BCUT2D eigenvalue weighted by Gasteiger charge is -2.31. The average Bonchev–Trinajstić information content (AvgIpc) is 2.91. The Balaban J connectivity index is 2.18. The van der Waals surface area contributed by atoms with E-state index in [-0.39, 0.29) is 18.0 Å². The lowest BCUT2D eigenvalue weighted by Crippen LogP contribution is -2.38. The Hall–Kier alpha value is -2.14. The van der Waals surface area contributed by atoms with Crippen molar-refractivity contribution in [1.82, 2.24) is 4.98 Å². The minimum Gasteiger partial charge on any atom is -0.384 e. The first-order chi connectivity index (χ1) is 10.1. The van der Waals surface area contributed by atoms with E-state index in [9.17, 15) is 0 Å². The number of hydrogen-bond acceptors (Lipinski definition) is 4. The number of nitrogen functional groups attached to an aromatic ring is 1. The van der Waals surface area contributed by atoms with Crippen LogP contribution in [-0.2, 0) is 4.74 Å². The Morgan fingerprint density at radius 2 is 2.19 bits per heavy atom. The van der Waals surface area contributed by atoms with Crippen LogP contribution in [0.25, 0.3) is 10.9 Å². The molecule has 5 heteroatoms. The number of nitrogens with two attached hydrogens (primary N) is 1. The van der Waals surface area contributed by atoms with Crippen LogP contribution in [0.2, 0.25) is 0 Å². The molecule has 0 aliphatic carbocycles. The van der Waals surface area contributed by atoms with Gasteiger partial charge >= 0.3 is 0 Å². The van der Waals surface area contributed by atoms with Gasteiger partial charge in [-0.3, -0.25) is 10.4 Å². The molecular formula is C16H20N4O. The van der Waals surface area contributed by atoms with Crippen molar-refractivity contribution in [3.05, 3.63) is 36.0 Å². The summed E-state index contributed by atoms with van der Waals surface area (Å²) in [5.41, 5.74) is 8.32. The van der Waals surface area contributed by atoms with Gasteiger partial charge in [-0.1, -0.05) is 18.2 Å². The van der Waals surface area contributed by atoms with Gasteiger partial charge in [-0.25, -0.2) is 0 Å². The molecule has 21 heavy (non-hydrogen) atoms. The SMILES string of the molecule is CC1OCCC1N(C)c1c(C(=N)N)cnc2ccccc12. The van der Waals surface area contributed by atoms with Crippen molar-refractivity contribution in [1.29, 1.82) is 5.41 Å². The molecule has 1 fully saturated rings. The number of amidine groups is 1. The lowest BCUT2D eigenvalue weighted by atomic mass is 10.0. The molecule has 110 valence electrons. The van der Waals surface area contributed by atoms with Gasteiger partial charge in [-0.15, -0.1) is 0 Å². The standard InChI is InChI=1S/C16H20N4O/c1-10-14(7-8-21-10)20(2)15-11-5-3-4-6-13(11)19-9-12(15)16(17)18/h3-6,9-10,14H,7-8H2,1-2H3,(H3,17,18). The second kappa shape index (κ2) is 5.33. The van der Waals surface area contributed by atoms with E-state index in [0.29, 0.717) is 5.56 Å². The maximum Gasteiger partial charge on any atom is 0.126 e. The molecule has 2 aromatic rings. The molecule has 1 aliphatic rings. The summed E-state index contributed by atoms with van der Waals surface area (Å²) in [6.07, 6.45) is 2.84. The molecule has 1 aromatic heterocycles. The van der Waals surface area contributed by atoms with E-state index in [0.717, 1.165) is 29.6 Å². The number of hydrogen-bond donors (Lipinski definition) is 2. The van der Waals surface area contributed by atoms with Crippen LogP contribution >= 0.6 is 0 Å². The maximum atomic E-state index is 7.85. The van der Waals surface area contributed by atoms with Gasteiger partial charge in [0.15, 0.2) is 0 Å². The Morgan fingerprint density at radius 3 is 2.86 bits per heavy atom. The first-order valence-electron chi connectivity index (χ1n) is 7.16. The number of pyridine rings is 1. The predicted molar refractivity (Wildman–Crippen MR) is 85.0 cm³/mol. The third-order valence-electron chi connectivity index (χ3n) is 4.22. The monoisotopic (exact) mass is 284 g/mol. The molecule has 1 saturated heterocycles. The van der Waals surface area contributed by atoms with Crippen LogP contribution < -0.4 is 10.6 Å². The minimum absolute atomic E-state index is 0.0432. The second-order valence-corrected chi connectivity index (χ2v) is 5.49. The lowest BCUT2D eigenvalue weighted by molar-refractivity contribution is 0.118. The molecule has 0 spiro atoms. The van der Waals surface area contributed by atoms with Crippen molar-refractivity contribution in [2.24, 2.45) is 5.73 Å². The number of aromatic nitrogens is 1. The van der Waals surface area contributed by atoms with Gasteiger partial charge in [0.1, 0.15) is 5.84 Å². The number of rotatable bonds is 3. The third-order valence-corrected chi connectivity index (χ3v) is 4.22.